The highest BCUT2D eigenvalue weighted by Gasteiger charge is 2.25. The van der Waals surface area contributed by atoms with Crippen LogP contribution in [-0.4, -0.2) is 33.4 Å². The number of aliphatic hydroxyl groups is 1. The first-order valence-corrected chi connectivity index (χ1v) is 5.88. The Morgan fingerprint density at radius 1 is 1.42 bits per heavy atom. The molecule has 100 valence electrons. The van der Waals surface area contributed by atoms with Gasteiger partial charge >= 0.3 is 5.97 Å². The van der Waals surface area contributed by atoms with Crippen LogP contribution >= 0.6 is 0 Å². The zero-order valence-corrected chi connectivity index (χ0v) is 10.5. The first-order valence-electron chi connectivity index (χ1n) is 5.88. The van der Waals surface area contributed by atoms with Crippen LogP contribution in [0, 0.1) is 0 Å². The van der Waals surface area contributed by atoms with Crippen molar-refractivity contribution in [3.8, 4) is 5.75 Å². The van der Waals surface area contributed by atoms with Gasteiger partial charge in [0.25, 0.3) is 0 Å². The fourth-order valence-electron chi connectivity index (χ4n) is 1.76. The number of fused-ring (bicyclic) bond motifs is 1. The number of aromatic nitrogens is 1. The number of carboxylic acid groups (broad SMARTS) is 1. The molecule has 0 bridgehead atoms. The maximum absolute atomic E-state index is 10.6. The van der Waals surface area contributed by atoms with Crippen LogP contribution in [0.15, 0.2) is 36.5 Å². The van der Waals surface area contributed by atoms with Crippen LogP contribution in [0.5, 0.6) is 5.75 Å². The minimum Gasteiger partial charge on any atom is -0.491 e. The normalized spacial score (nSPS) is 14.0. The molecule has 1 aromatic heterocycles. The van der Waals surface area contributed by atoms with E-state index in [1.165, 1.54) is 6.92 Å². The molecule has 2 rings (SSSR count). The highest BCUT2D eigenvalue weighted by atomic mass is 16.5. The maximum Gasteiger partial charge on any atom is 0.306 e. The van der Waals surface area contributed by atoms with Gasteiger partial charge in [0.1, 0.15) is 18.0 Å². The largest absolute Gasteiger partial charge is 0.491 e. The average molecular weight is 261 g/mol. The smallest absolute Gasteiger partial charge is 0.306 e. The highest BCUT2D eigenvalue weighted by Crippen LogP contribution is 2.20. The lowest BCUT2D eigenvalue weighted by Gasteiger charge is -2.21. The van der Waals surface area contributed by atoms with Crippen molar-refractivity contribution in [2.75, 3.05) is 6.61 Å². The average Bonchev–Trinajstić information content (AvgIpc) is 2.35. The number of nitrogens with zero attached hydrogens (tertiary/aromatic N) is 1. The van der Waals surface area contributed by atoms with E-state index in [4.69, 9.17) is 9.84 Å². The molecule has 19 heavy (non-hydrogen) atoms. The number of rotatable bonds is 5. The number of aliphatic carboxylic acids is 1. The summed E-state index contributed by atoms with van der Waals surface area (Å²) in [5, 5.41) is 19.4. The molecule has 0 spiro atoms. The Morgan fingerprint density at radius 2 is 2.21 bits per heavy atom. The molecular formula is C14H15NO4. The lowest BCUT2D eigenvalue weighted by atomic mass is 10.0. The molecule has 2 N–H and O–H groups in total. The molecule has 0 saturated carbocycles. The third-order valence-corrected chi connectivity index (χ3v) is 2.66. The highest BCUT2D eigenvalue weighted by molar-refractivity contribution is 5.79. The van der Waals surface area contributed by atoms with Gasteiger partial charge in [0.2, 0.25) is 0 Å². The predicted molar refractivity (Wildman–Crippen MR) is 70.1 cm³/mol. The van der Waals surface area contributed by atoms with E-state index in [1.807, 2.05) is 18.2 Å². The van der Waals surface area contributed by atoms with Crippen molar-refractivity contribution in [2.24, 2.45) is 0 Å². The molecule has 0 saturated heterocycles. The molecule has 0 fully saturated rings. The van der Waals surface area contributed by atoms with Crippen molar-refractivity contribution < 1.29 is 19.7 Å². The van der Waals surface area contributed by atoms with E-state index in [1.54, 1.807) is 18.3 Å². The standard InChI is InChI=1S/C14H15NO4/c1-14(18,8-13(16)17)9-19-11-4-5-12-10(7-11)3-2-6-15-12/h2-7,18H,8-9H2,1H3,(H,16,17). The second kappa shape index (κ2) is 5.24. The number of hydrogen-bond acceptors (Lipinski definition) is 4. The first-order chi connectivity index (χ1) is 8.96. The van der Waals surface area contributed by atoms with Gasteiger partial charge < -0.3 is 14.9 Å². The quantitative estimate of drug-likeness (QED) is 0.858. The second-order valence-electron chi connectivity index (χ2n) is 4.71. The Kier molecular flexibility index (Phi) is 3.66. The lowest BCUT2D eigenvalue weighted by Crippen LogP contribution is -2.34. The summed E-state index contributed by atoms with van der Waals surface area (Å²) in [6.45, 7) is 1.36. The van der Waals surface area contributed by atoms with Gasteiger partial charge in [0.15, 0.2) is 0 Å². The second-order valence-corrected chi connectivity index (χ2v) is 4.71. The van der Waals surface area contributed by atoms with Crippen LogP contribution in [0.2, 0.25) is 0 Å². The third kappa shape index (κ3) is 3.66. The summed E-state index contributed by atoms with van der Waals surface area (Å²) in [5.41, 5.74) is -0.539. The van der Waals surface area contributed by atoms with E-state index in [0.29, 0.717) is 5.75 Å². The predicted octanol–water partition coefficient (Wildman–Crippen LogP) is 1.84. The Morgan fingerprint density at radius 3 is 2.95 bits per heavy atom. The summed E-state index contributed by atoms with van der Waals surface area (Å²) >= 11 is 0. The van der Waals surface area contributed by atoms with Crippen molar-refractivity contribution in [1.29, 1.82) is 0 Å². The molecular weight excluding hydrogens is 246 g/mol. The first kappa shape index (κ1) is 13.3. The van der Waals surface area contributed by atoms with E-state index in [-0.39, 0.29) is 13.0 Å². The van der Waals surface area contributed by atoms with Crippen molar-refractivity contribution in [1.82, 2.24) is 4.98 Å². The summed E-state index contributed by atoms with van der Waals surface area (Å²) in [5.74, 6) is -0.484. The van der Waals surface area contributed by atoms with Crippen LogP contribution in [-0.2, 0) is 4.79 Å². The molecule has 5 nitrogen and oxygen atoms in total. The van der Waals surface area contributed by atoms with Gasteiger partial charge in [-0.25, -0.2) is 0 Å². The van der Waals surface area contributed by atoms with Gasteiger partial charge in [-0.05, 0) is 31.2 Å². The summed E-state index contributed by atoms with van der Waals surface area (Å²) in [6.07, 6.45) is 1.35. The lowest BCUT2D eigenvalue weighted by molar-refractivity contribution is -0.143. The SMILES string of the molecule is CC(O)(COc1ccc2ncccc2c1)CC(=O)O. The molecule has 2 aromatic rings. The summed E-state index contributed by atoms with van der Waals surface area (Å²) < 4.78 is 5.44. The molecule has 0 aliphatic carbocycles. The van der Waals surface area contributed by atoms with Crippen LogP contribution in [0.3, 0.4) is 0 Å². The zero-order valence-electron chi connectivity index (χ0n) is 10.5. The number of carboxylic acids is 1. The monoisotopic (exact) mass is 261 g/mol. The van der Waals surface area contributed by atoms with Crippen LogP contribution < -0.4 is 4.74 Å². The van der Waals surface area contributed by atoms with Crippen molar-refractivity contribution >= 4 is 16.9 Å². The fraction of sp³-hybridized carbons (Fsp3) is 0.286. The zero-order chi connectivity index (χ0) is 13.9. The van der Waals surface area contributed by atoms with Gasteiger partial charge in [-0.2, -0.15) is 0 Å². The Bertz CT molecular complexity index is 595. The molecule has 1 atom stereocenters. The van der Waals surface area contributed by atoms with Crippen LogP contribution in [0.4, 0.5) is 0 Å². The number of benzene rings is 1. The van der Waals surface area contributed by atoms with Crippen LogP contribution in [0.25, 0.3) is 10.9 Å². The van der Waals surface area contributed by atoms with Crippen molar-refractivity contribution in [3.05, 3.63) is 36.5 Å². The van der Waals surface area contributed by atoms with Gasteiger partial charge in [0.05, 0.1) is 11.9 Å². The molecule has 0 aliphatic rings. The van der Waals surface area contributed by atoms with Crippen molar-refractivity contribution in [3.63, 3.8) is 0 Å². The summed E-state index contributed by atoms with van der Waals surface area (Å²) in [6, 6.07) is 9.10. The molecule has 5 heteroatoms. The van der Waals surface area contributed by atoms with E-state index in [9.17, 15) is 9.90 Å². The van der Waals surface area contributed by atoms with Crippen molar-refractivity contribution in [2.45, 2.75) is 18.9 Å². The fourth-order valence-corrected chi connectivity index (χ4v) is 1.76. The van der Waals surface area contributed by atoms with E-state index < -0.39 is 11.6 Å². The number of hydrogen-bond donors (Lipinski definition) is 2. The molecule has 0 radical (unpaired) electrons. The summed E-state index contributed by atoms with van der Waals surface area (Å²) in [7, 11) is 0. The van der Waals surface area contributed by atoms with E-state index in [0.717, 1.165) is 10.9 Å². The van der Waals surface area contributed by atoms with Gasteiger partial charge in [-0.1, -0.05) is 6.07 Å². The third-order valence-electron chi connectivity index (χ3n) is 2.66. The molecule has 1 aromatic carbocycles. The topological polar surface area (TPSA) is 79.7 Å². The molecule has 0 amide bonds. The number of carbonyl (C=O) groups is 1. The van der Waals surface area contributed by atoms with E-state index >= 15 is 0 Å². The molecule has 1 heterocycles. The molecule has 0 aliphatic heterocycles. The maximum atomic E-state index is 10.6. The number of ether oxygens (including phenoxy) is 1. The van der Waals surface area contributed by atoms with Gasteiger partial charge in [0, 0.05) is 11.6 Å². The molecule has 1 unspecified atom stereocenters. The minimum atomic E-state index is -1.39. The summed E-state index contributed by atoms with van der Waals surface area (Å²) in [4.78, 5) is 14.8. The Balaban J connectivity index is 2.07. The van der Waals surface area contributed by atoms with Crippen LogP contribution in [0.1, 0.15) is 13.3 Å². The Hall–Kier alpha value is -2.14. The Labute approximate surface area is 110 Å². The van der Waals surface area contributed by atoms with E-state index in [2.05, 4.69) is 4.98 Å². The van der Waals surface area contributed by atoms with Gasteiger partial charge in [-0.3, -0.25) is 9.78 Å². The minimum absolute atomic E-state index is 0.0783. The van der Waals surface area contributed by atoms with Gasteiger partial charge in [-0.15, -0.1) is 0 Å². The number of pyridine rings is 1.